The van der Waals surface area contributed by atoms with Crippen LogP contribution in [0.1, 0.15) is 5.56 Å². The lowest BCUT2D eigenvalue weighted by molar-refractivity contribution is -0.137. The van der Waals surface area contributed by atoms with Gasteiger partial charge in [0.25, 0.3) is 0 Å². The molecule has 0 saturated carbocycles. The van der Waals surface area contributed by atoms with E-state index in [4.69, 9.17) is 11.6 Å². The van der Waals surface area contributed by atoms with E-state index in [-0.39, 0.29) is 0 Å². The van der Waals surface area contributed by atoms with E-state index in [1.54, 1.807) is 30.5 Å². The van der Waals surface area contributed by atoms with Crippen molar-refractivity contribution in [2.24, 2.45) is 0 Å². The van der Waals surface area contributed by atoms with E-state index in [2.05, 4.69) is 9.97 Å². The minimum atomic E-state index is -4.39. The number of fused-ring (bicyclic) bond motifs is 1. The highest BCUT2D eigenvalue weighted by Crippen LogP contribution is 2.33. The Kier molecular flexibility index (Phi) is 3.29. The Labute approximate surface area is 123 Å². The molecule has 6 heteroatoms. The number of pyridine rings is 2. The van der Waals surface area contributed by atoms with Gasteiger partial charge in [0, 0.05) is 17.1 Å². The number of rotatable bonds is 1. The summed E-state index contributed by atoms with van der Waals surface area (Å²) in [5.74, 6) is 0. The number of benzene rings is 1. The molecule has 3 aromatic rings. The molecule has 0 saturated heterocycles. The second-order valence-electron chi connectivity index (χ2n) is 4.44. The third kappa shape index (κ3) is 2.69. The maximum absolute atomic E-state index is 12.8. The highest BCUT2D eigenvalue weighted by atomic mass is 35.5. The van der Waals surface area contributed by atoms with Gasteiger partial charge in [0.15, 0.2) is 5.65 Å². The SMILES string of the molecule is FC(F)(F)c1cccc(-c2cc(Cl)c3cccnc3n2)c1. The molecule has 0 aliphatic carbocycles. The lowest BCUT2D eigenvalue weighted by Gasteiger charge is -2.09. The zero-order valence-corrected chi connectivity index (χ0v) is 11.3. The minimum absolute atomic E-state index is 0.347. The van der Waals surface area contributed by atoms with Crippen LogP contribution in [-0.2, 0) is 6.18 Å². The Morgan fingerprint density at radius 1 is 1.00 bits per heavy atom. The zero-order valence-electron chi connectivity index (χ0n) is 10.5. The molecule has 0 aliphatic heterocycles. The maximum atomic E-state index is 12.8. The van der Waals surface area contributed by atoms with E-state index in [0.29, 0.717) is 27.3 Å². The van der Waals surface area contributed by atoms with Crippen molar-refractivity contribution in [3.8, 4) is 11.3 Å². The topological polar surface area (TPSA) is 25.8 Å². The van der Waals surface area contributed by atoms with Crippen molar-refractivity contribution in [1.29, 1.82) is 0 Å². The Balaban J connectivity index is 2.17. The van der Waals surface area contributed by atoms with Gasteiger partial charge in [0.2, 0.25) is 0 Å². The van der Waals surface area contributed by atoms with Crippen LogP contribution in [0.25, 0.3) is 22.3 Å². The molecule has 0 bridgehead atoms. The molecule has 2 heterocycles. The van der Waals surface area contributed by atoms with Gasteiger partial charge in [-0.2, -0.15) is 13.2 Å². The third-order valence-corrected chi connectivity index (χ3v) is 3.33. The van der Waals surface area contributed by atoms with Crippen LogP contribution in [0.2, 0.25) is 5.02 Å². The fourth-order valence-corrected chi connectivity index (χ4v) is 2.27. The molecule has 0 radical (unpaired) electrons. The number of halogens is 4. The van der Waals surface area contributed by atoms with Crippen molar-refractivity contribution in [2.45, 2.75) is 6.18 Å². The van der Waals surface area contributed by atoms with E-state index >= 15 is 0 Å². The molecule has 0 N–H and O–H groups in total. The fraction of sp³-hybridized carbons (Fsp3) is 0.0667. The van der Waals surface area contributed by atoms with Crippen LogP contribution in [0.3, 0.4) is 0 Å². The van der Waals surface area contributed by atoms with E-state index in [1.165, 1.54) is 6.07 Å². The highest BCUT2D eigenvalue weighted by Gasteiger charge is 2.30. The molecule has 0 unspecified atom stereocenters. The van der Waals surface area contributed by atoms with Gasteiger partial charge in [-0.3, -0.25) is 0 Å². The van der Waals surface area contributed by atoms with Crippen molar-refractivity contribution in [3.05, 3.63) is 59.2 Å². The van der Waals surface area contributed by atoms with Crippen molar-refractivity contribution < 1.29 is 13.2 Å². The number of hydrogen-bond donors (Lipinski definition) is 0. The van der Waals surface area contributed by atoms with Gasteiger partial charge in [-0.1, -0.05) is 23.7 Å². The first kappa shape index (κ1) is 13.8. The molecule has 1 aromatic carbocycles. The Bertz CT molecular complexity index is 815. The number of nitrogens with zero attached hydrogens (tertiary/aromatic N) is 2. The zero-order chi connectivity index (χ0) is 15.0. The minimum Gasteiger partial charge on any atom is -0.237 e. The van der Waals surface area contributed by atoms with Crippen LogP contribution in [0, 0.1) is 0 Å². The van der Waals surface area contributed by atoms with Crippen molar-refractivity contribution in [3.63, 3.8) is 0 Å². The molecule has 2 aromatic heterocycles. The van der Waals surface area contributed by atoms with Crippen LogP contribution >= 0.6 is 11.6 Å². The average molecular weight is 309 g/mol. The summed E-state index contributed by atoms with van der Waals surface area (Å²) < 4.78 is 38.3. The third-order valence-electron chi connectivity index (χ3n) is 3.02. The summed E-state index contributed by atoms with van der Waals surface area (Å²) in [4.78, 5) is 8.35. The van der Waals surface area contributed by atoms with Gasteiger partial charge < -0.3 is 0 Å². The predicted octanol–water partition coefficient (Wildman–Crippen LogP) is 4.97. The Hall–Kier alpha value is -2.14. The van der Waals surface area contributed by atoms with E-state index in [9.17, 15) is 13.2 Å². The maximum Gasteiger partial charge on any atom is 0.416 e. The average Bonchev–Trinajstić information content (AvgIpc) is 2.46. The summed E-state index contributed by atoms with van der Waals surface area (Å²) in [5, 5.41) is 1.07. The molecule has 2 nitrogen and oxygen atoms in total. The van der Waals surface area contributed by atoms with E-state index < -0.39 is 11.7 Å². The number of alkyl halides is 3. The van der Waals surface area contributed by atoms with Crippen LogP contribution in [0.4, 0.5) is 13.2 Å². The standard InChI is InChI=1S/C15H8ClF3N2/c16-12-8-13(21-14-11(12)5-2-6-20-14)9-3-1-4-10(7-9)15(17,18)19/h1-8H. The molecular formula is C15H8ClF3N2. The van der Waals surface area contributed by atoms with Gasteiger partial charge >= 0.3 is 6.18 Å². The van der Waals surface area contributed by atoms with Crippen LogP contribution < -0.4 is 0 Å². The van der Waals surface area contributed by atoms with E-state index in [1.807, 2.05) is 0 Å². The molecule has 0 fully saturated rings. The monoisotopic (exact) mass is 308 g/mol. The normalized spacial score (nSPS) is 11.8. The molecular weight excluding hydrogens is 301 g/mol. The summed E-state index contributed by atoms with van der Waals surface area (Å²) in [7, 11) is 0. The quantitative estimate of drug-likeness (QED) is 0.634. The molecule has 21 heavy (non-hydrogen) atoms. The van der Waals surface area contributed by atoms with Crippen LogP contribution in [-0.4, -0.2) is 9.97 Å². The Morgan fingerprint density at radius 2 is 1.81 bits per heavy atom. The van der Waals surface area contributed by atoms with Crippen molar-refractivity contribution >= 4 is 22.6 Å². The molecule has 3 rings (SSSR count). The highest BCUT2D eigenvalue weighted by molar-refractivity contribution is 6.35. The number of hydrogen-bond acceptors (Lipinski definition) is 2. The predicted molar refractivity (Wildman–Crippen MR) is 75.0 cm³/mol. The molecule has 0 atom stereocenters. The molecule has 0 amide bonds. The first-order valence-corrected chi connectivity index (χ1v) is 6.42. The Morgan fingerprint density at radius 3 is 2.57 bits per heavy atom. The summed E-state index contributed by atoms with van der Waals surface area (Å²) >= 11 is 6.14. The lowest BCUT2D eigenvalue weighted by Crippen LogP contribution is -2.04. The summed E-state index contributed by atoms with van der Waals surface area (Å²) in [6, 6.07) is 9.99. The second kappa shape index (κ2) is 5.00. The number of aromatic nitrogens is 2. The molecule has 106 valence electrons. The van der Waals surface area contributed by atoms with Crippen LogP contribution in [0.5, 0.6) is 0 Å². The summed E-state index contributed by atoms with van der Waals surface area (Å²) in [6.45, 7) is 0. The largest absolute Gasteiger partial charge is 0.416 e. The molecule has 0 aliphatic rings. The summed E-state index contributed by atoms with van der Waals surface area (Å²) in [6.07, 6.45) is -2.84. The first-order valence-electron chi connectivity index (χ1n) is 6.04. The van der Waals surface area contributed by atoms with Gasteiger partial charge in [0.1, 0.15) is 0 Å². The van der Waals surface area contributed by atoms with Crippen molar-refractivity contribution in [1.82, 2.24) is 9.97 Å². The smallest absolute Gasteiger partial charge is 0.237 e. The molecule has 0 spiro atoms. The fourth-order valence-electron chi connectivity index (χ4n) is 2.02. The van der Waals surface area contributed by atoms with Crippen molar-refractivity contribution in [2.75, 3.05) is 0 Å². The van der Waals surface area contributed by atoms with Gasteiger partial charge in [-0.15, -0.1) is 0 Å². The van der Waals surface area contributed by atoms with Gasteiger partial charge in [-0.05, 0) is 30.3 Å². The van der Waals surface area contributed by atoms with Crippen LogP contribution in [0.15, 0.2) is 48.7 Å². The van der Waals surface area contributed by atoms with E-state index in [0.717, 1.165) is 12.1 Å². The summed E-state index contributed by atoms with van der Waals surface area (Å²) in [5.41, 5.74) is 0.382. The van der Waals surface area contributed by atoms with Gasteiger partial charge in [0.05, 0.1) is 16.3 Å². The lowest BCUT2D eigenvalue weighted by atomic mass is 10.1. The second-order valence-corrected chi connectivity index (χ2v) is 4.85. The van der Waals surface area contributed by atoms with Gasteiger partial charge in [-0.25, -0.2) is 9.97 Å². The first-order chi connectivity index (χ1) is 9.95.